The number of nitrogens with zero attached hydrogens (tertiary/aromatic N) is 2. The van der Waals surface area contributed by atoms with Crippen molar-refractivity contribution in [3.8, 4) is 0 Å². The molecule has 2 atom stereocenters. The molecule has 0 heterocycles. The maximum atomic E-state index is 13.0. The third-order valence-electron chi connectivity index (χ3n) is 8.31. The second kappa shape index (κ2) is 13.6. The predicted octanol–water partition coefficient (Wildman–Crippen LogP) is 5.52. The molecule has 0 saturated carbocycles. The Kier molecular flexibility index (Phi) is 10.3. The van der Waals surface area contributed by atoms with Gasteiger partial charge in [0.1, 0.15) is 0 Å². The molecule has 0 unspecified atom stereocenters. The van der Waals surface area contributed by atoms with Gasteiger partial charge in [0.15, 0.2) is 0 Å². The monoisotopic (exact) mass is 643 g/mol. The van der Waals surface area contributed by atoms with Gasteiger partial charge in [0.05, 0.1) is 16.4 Å². The van der Waals surface area contributed by atoms with Crippen LogP contribution in [-0.2, 0) is 14.4 Å². The second-order valence-corrected chi connectivity index (χ2v) is 18.2. The van der Waals surface area contributed by atoms with E-state index in [0.29, 0.717) is 11.1 Å². The first-order valence-corrected chi connectivity index (χ1v) is 18.1. The quantitative estimate of drug-likeness (QED) is 0.123. The van der Waals surface area contributed by atoms with Crippen LogP contribution in [0.5, 0.6) is 0 Å². The van der Waals surface area contributed by atoms with Gasteiger partial charge in [-0.15, -0.1) is 0 Å². The van der Waals surface area contributed by atoms with Gasteiger partial charge in [-0.1, -0.05) is 112 Å². The van der Waals surface area contributed by atoms with Gasteiger partial charge in [-0.05, 0) is 58.3 Å². The number of hydrogen-bond acceptors (Lipinski definition) is 6. The Morgan fingerprint density at radius 2 is 1.47 bits per heavy atom. The summed E-state index contributed by atoms with van der Waals surface area (Å²) in [4.78, 5) is 13.1. The lowest BCUT2D eigenvalue weighted by Crippen LogP contribution is -2.67. The summed E-state index contributed by atoms with van der Waals surface area (Å²) in [6, 6.07) is 31.3. The van der Waals surface area contributed by atoms with Gasteiger partial charge in [-0.3, -0.25) is 10.1 Å². The highest BCUT2D eigenvalue weighted by Gasteiger charge is 2.51. The molecule has 4 aromatic carbocycles. The molecule has 10 heteroatoms. The van der Waals surface area contributed by atoms with Crippen molar-refractivity contribution in [3.05, 3.63) is 137 Å². The summed E-state index contributed by atoms with van der Waals surface area (Å²) in [5.74, 6) is -0.591. The van der Waals surface area contributed by atoms with Crippen molar-refractivity contribution in [2.75, 3.05) is 20.7 Å². The molecule has 4 aromatic rings. The molecule has 0 bridgehead atoms. The Labute approximate surface area is 267 Å². The van der Waals surface area contributed by atoms with Crippen LogP contribution in [0.1, 0.15) is 43.4 Å². The SMILES string of the molecule is C=Cc1ccc(S(N)(=O)=O)c([C@@H](c2ccc([N+](=O)[O-])cc2)[C@H](CO[Si](c2ccccc2)(c2ccccc2)C(C)(C)C)N(C)C)c1. The summed E-state index contributed by atoms with van der Waals surface area (Å²) in [5.41, 5.74) is 1.81. The van der Waals surface area contributed by atoms with Crippen molar-refractivity contribution in [2.45, 2.75) is 42.7 Å². The lowest BCUT2D eigenvalue weighted by molar-refractivity contribution is -0.384. The minimum atomic E-state index is -4.14. The number of hydrogen-bond donors (Lipinski definition) is 1. The Bertz CT molecular complexity index is 1700. The maximum absolute atomic E-state index is 13.0. The van der Waals surface area contributed by atoms with Crippen molar-refractivity contribution in [1.29, 1.82) is 0 Å². The highest BCUT2D eigenvalue weighted by molar-refractivity contribution is 7.89. The molecule has 236 valence electrons. The van der Waals surface area contributed by atoms with Crippen LogP contribution in [0.15, 0.2) is 115 Å². The number of likely N-dealkylation sites (N-methyl/N-ethyl adjacent to an activating group) is 1. The average Bonchev–Trinajstić information content (AvgIpc) is 3.00. The van der Waals surface area contributed by atoms with Crippen LogP contribution >= 0.6 is 0 Å². The van der Waals surface area contributed by atoms with Crippen LogP contribution < -0.4 is 15.5 Å². The lowest BCUT2D eigenvalue weighted by Gasteiger charge is -2.45. The standard InChI is InChI=1S/C35H41N3O5SSi/c1-7-26-18-23-33(44(36,41)42)31(24-26)34(27-19-21-28(22-20-27)38(39)40)32(37(5)6)25-43-45(35(2,3)4,29-14-10-8-11-15-29)30-16-12-9-13-17-30/h7-24,32,34H,1,25H2,2-6H3,(H2,36,41,42)/t32-,34+/m0/s1. The zero-order chi connectivity index (χ0) is 33.0. The van der Waals surface area contributed by atoms with Gasteiger partial charge >= 0.3 is 0 Å². The summed E-state index contributed by atoms with van der Waals surface area (Å²) in [6.07, 6.45) is 1.65. The van der Waals surface area contributed by atoms with E-state index in [1.807, 2.05) is 55.4 Å². The third-order valence-corrected chi connectivity index (χ3v) is 14.3. The topological polar surface area (TPSA) is 116 Å². The highest BCUT2D eigenvalue weighted by Crippen LogP contribution is 2.40. The Balaban J connectivity index is 1.96. The van der Waals surface area contributed by atoms with Crippen LogP contribution in [0, 0.1) is 10.1 Å². The van der Waals surface area contributed by atoms with Gasteiger partial charge < -0.3 is 9.33 Å². The molecule has 0 spiro atoms. The number of nitro benzene ring substituents is 1. The van der Waals surface area contributed by atoms with Crippen molar-refractivity contribution in [3.63, 3.8) is 0 Å². The number of primary sulfonamides is 1. The fourth-order valence-corrected chi connectivity index (χ4v) is 11.5. The summed E-state index contributed by atoms with van der Waals surface area (Å²) < 4.78 is 33.3. The molecule has 4 rings (SSSR count). The number of non-ortho nitro benzene ring substituents is 1. The van der Waals surface area contributed by atoms with Crippen molar-refractivity contribution in [1.82, 2.24) is 4.90 Å². The number of sulfonamides is 1. The van der Waals surface area contributed by atoms with Crippen LogP contribution in [0.2, 0.25) is 5.04 Å². The molecule has 8 nitrogen and oxygen atoms in total. The molecule has 0 aromatic heterocycles. The van der Waals surface area contributed by atoms with E-state index < -0.39 is 35.2 Å². The van der Waals surface area contributed by atoms with Gasteiger partial charge in [0.25, 0.3) is 14.0 Å². The summed E-state index contributed by atoms with van der Waals surface area (Å²) >= 11 is 0. The molecule has 0 aliphatic rings. The average molecular weight is 644 g/mol. The summed E-state index contributed by atoms with van der Waals surface area (Å²) in [5, 5.41) is 19.2. The first-order valence-electron chi connectivity index (χ1n) is 14.7. The Hall–Kier alpha value is -3.93. The van der Waals surface area contributed by atoms with Crippen molar-refractivity contribution < 1.29 is 17.8 Å². The third kappa shape index (κ3) is 7.16. The number of rotatable bonds is 12. The molecule has 0 aliphatic heterocycles. The first kappa shape index (κ1) is 33.9. The molecule has 0 amide bonds. The molecule has 0 fully saturated rings. The van der Waals surface area contributed by atoms with Gasteiger partial charge in [0, 0.05) is 24.1 Å². The van der Waals surface area contributed by atoms with E-state index in [2.05, 4.69) is 51.6 Å². The molecular formula is C35H41N3O5SSi. The van der Waals surface area contributed by atoms with E-state index in [1.165, 1.54) is 18.2 Å². The zero-order valence-electron chi connectivity index (χ0n) is 26.4. The van der Waals surface area contributed by atoms with Gasteiger partial charge in [-0.25, -0.2) is 13.6 Å². The summed E-state index contributed by atoms with van der Waals surface area (Å²) in [7, 11) is -3.27. The normalized spacial score (nSPS) is 13.8. The van der Waals surface area contributed by atoms with Crippen molar-refractivity contribution >= 4 is 40.5 Å². The largest absolute Gasteiger partial charge is 0.406 e. The van der Waals surface area contributed by atoms with Crippen LogP contribution in [0.3, 0.4) is 0 Å². The van der Waals surface area contributed by atoms with E-state index in [9.17, 15) is 18.5 Å². The van der Waals surface area contributed by atoms with E-state index in [1.54, 1.807) is 30.3 Å². The molecule has 0 aliphatic carbocycles. The van der Waals surface area contributed by atoms with Crippen LogP contribution in [0.4, 0.5) is 5.69 Å². The second-order valence-electron chi connectivity index (χ2n) is 12.4. The van der Waals surface area contributed by atoms with Gasteiger partial charge in [0.2, 0.25) is 10.0 Å². The molecule has 0 saturated heterocycles. The highest BCUT2D eigenvalue weighted by atomic mass is 32.2. The van der Waals surface area contributed by atoms with Gasteiger partial charge in [-0.2, -0.15) is 0 Å². The minimum absolute atomic E-state index is 0.0197. The lowest BCUT2D eigenvalue weighted by atomic mass is 9.84. The van der Waals surface area contributed by atoms with Crippen LogP contribution in [-0.4, -0.2) is 53.3 Å². The summed E-state index contributed by atoms with van der Waals surface area (Å²) in [6.45, 7) is 10.7. The molecule has 45 heavy (non-hydrogen) atoms. The zero-order valence-corrected chi connectivity index (χ0v) is 28.2. The van der Waals surface area contributed by atoms with Crippen molar-refractivity contribution in [2.24, 2.45) is 5.14 Å². The minimum Gasteiger partial charge on any atom is -0.406 e. The number of nitrogens with two attached hydrogens (primary N) is 1. The molecular weight excluding hydrogens is 603 g/mol. The predicted molar refractivity (Wildman–Crippen MR) is 184 cm³/mol. The van der Waals surface area contributed by atoms with E-state index in [0.717, 1.165) is 15.9 Å². The number of nitro groups is 1. The van der Waals surface area contributed by atoms with Crippen LogP contribution in [0.25, 0.3) is 6.08 Å². The van der Waals surface area contributed by atoms with E-state index >= 15 is 0 Å². The molecule has 2 N–H and O–H groups in total. The first-order chi connectivity index (χ1) is 21.2. The number of benzene rings is 4. The smallest absolute Gasteiger partial charge is 0.269 e. The molecule has 0 radical (unpaired) electrons. The Morgan fingerprint density at radius 1 is 0.933 bits per heavy atom. The fourth-order valence-electron chi connectivity index (χ4n) is 6.12. The van der Waals surface area contributed by atoms with E-state index in [-0.39, 0.29) is 22.2 Å². The fraction of sp³-hybridized carbons (Fsp3) is 0.257. The Morgan fingerprint density at radius 3 is 1.89 bits per heavy atom. The maximum Gasteiger partial charge on any atom is 0.269 e. The van der Waals surface area contributed by atoms with E-state index in [4.69, 9.17) is 9.56 Å².